The van der Waals surface area contributed by atoms with Crippen LogP contribution in [0.1, 0.15) is 23.0 Å². The summed E-state index contributed by atoms with van der Waals surface area (Å²) in [7, 11) is 1.41. The van der Waals surface area contributed by atoms with E-state index in [4.69, 9.17) is 9.47 Å². The number of nitrogens with one attached hydrogen (secondary N) is 1. The van der Waals surface area contributed by atoms with Crippen LogP contribution in [-0.4, -0.2) is 34.9 Å². The highest BCUT2D eigenvalue weighted by atomic mass is 19.1. The predicted molar refractivity (Wildman–Crippen MR) is 105 cm³/mol. The SMILES string of the molecule is COc1cn(-c2ccccc2)nc1C(=O)O[C@@H](C)C(=O)Nc1ccc(C)c(F)c1. The maximum Gasteiger partial charge on any atom is 0.363 e. The van der Waals surface area contributed by atoms with Crippen LogP contribution >= 0.6 is 0 Å². The number of aryl methyl sites for hydroxylation is 1. The molecule has 0 fully saturated rings. The van der Waals surface area contributed by atoms with Gasteiger partial charge in [-0.2, -0.15) is 5.10 Å². The Hall–Kier alpha value is -3.68. The molecule has 0 aliphatic rings. The molecule has 1 amide bonds. The zero-order chi connectivity index (χ0) is 21.0. The highest BCUT2D eigenvalue weighted by Gasteiger charge is 2.25. The second kappa shape index (κ2) is 8.55. The third kappa shape index (κ3) is 4.60. The van der Waals surface area contributed by atoms with E-state index in [-0.39, 0.29) is 17.1 Å². The summed E-state index contributed by atoms with van der Waals surface area (Å²) < 4.78 is 25.5. The molecule has 8 heteroatoms. The Kier molecular flexibility index (Phi) is 5.92. The van der Waals surface area contributed by atoms with Gasteiger partial charge in [-0.1, -0.05) is 24.3 Å². The number of methoxy groups -OCH3 is 1. The highest BCUT2D eigenvalue weighted by Crippen LogP contribution is 2.21. The Morgan fingerprint density at radius 1 is 1.17 bits per heavy atom. The average Bonchev–Trinajstić information content (AvgIpc) is 3.16. The average molecular weight is 397 g/mol. The van der Waals surface area contributed by atoms with Gasteiger partial charge in [0.2, 0.25) is 5.69 Å². The van der Waals surface area contributed by atoms with Crippen molar-refractivity contribution in [2.24, 2.45) is 0 Å². The van der Waals surface area contributed by atoms with Crippen molar-refractivity contribution in [1.82, 2.24) is 9.78 Å². The number of carbonyl (C=O) groups is 2. The Bertz CT molecular complexity index is 1030. The maximum absolute atomic E-state index is 13.6. The number of para-hydroxylation sites is 1. The minimum Gasteiger partial charge on any atom is -0.493 e. The van der Waals surface area contributed by atoms with E-state index in [1.807, 2.05) is 30.3 Å². The second-order valence-electron chi connectivity index (χ2n) is 6.33. The molecule has 0 saturated heterocycles. The minimum absolute atomic E-state index is 0.0580. The number of halogens is 1. The summed E-state index contributed by atoms with van der Waals surface area (Å²) in [5.41, 5.74) is 1.41. The van der Waals surface area contributed by atoms with Crippen LogP contribution in [0.4, 0.5) is 10.1 Å². The molecular formula is C21H20FN3O4. The number of rotatable bonds is 6. The number of aromatic nitrogens is 2. The monoisotopic (exact) mass is 397 g/mol. The molecule has 1 N–H and O–H groups in total. The van der Waals surface area contributed by atoms with E-state index in [0.717, 1.165) is 5.69 Å². The number of carbonyl (C=O) groups excluding carboxylic acids is 2. The first-order chi connectivity index (χ1) is 13.9. The Labute approximate surface area is 167 Å². The van der Waals surface area contributed by atoms with Crippen molar-refractivity contribution in [2.45, 2.75) is 20.0 Å². The number of hydrogen-bond donors (Lipinski definition) is 1. The third-order valence-electron chi connectivity index (χ3n) is 4.21. The predicted octanol–water partition coefficient (Wildman–Crippen LogP) is 3.51. The van der Waals surface area contributed by atoms with Crippen molar-refractivity contribution < 1.29 is 23.5 Å². The first-order valence-electron chi connectivity index (χ1n) is 8.86. The number of hydrogen-bond acceptors (Lipinski definition) is 5. The van der Waals surface area contributed by atoms with Gasteiger partial charge in [0.05, 0.1) is 19.0 Å². The quantitative estimate of drug-likeness (QED) is 0.644. The lowest BCUT2D eigenvalue weighted by Gasteiger charge is -2.13. The van der Waals surface area contributed by atoms with Gasteiger partial charge in [0.25, 0.3) is 5.91 Å². The largest absolute Gasteiger partial charge is 0.493 e. The van der Waals surface area contributed by atoms with Crippen LogP contribution in [0.2, 0.25) is 0 Å². The van der Waals surface area contributed by atoms with E-state index in [1.165, 1.54) is 24.8 Å². The Morgan fingerprint density at radius 2 is 1.90 bits per heavy atom. The third-order valence-corrected chi connectivity index (χ3v) is 4.21. The molecular weight excluding hydrogens is 377 g/mol. The minimum atomic E-state index is -1.13. The topological polar surface area (TPSA) is 82.5 Å². The molecule has 7 nitrogen and oxygen atoms in total. The zero-order valence-corrected chi connectivity index (χ0v) is 16.2. The summed E-state index contributed by atoms with van der Waals surface area (Å²) in [4.78, 5) is 24.8. The van der Waals surface area contributed by atoms with Crippen molar-refractivity contribution in [3.63, 3.8) is 0 Å². The fraction of sp³-hybridized carbons (Fsp3) is 0.190. The van der Waals surface area contributed by atoms with Gasteiger partial charge < -0.3 is 14.8 Å². The molecule has 0 saturated carbocycles. The maximum atomic E-state index is 13.6. The van der Waals surface area contributed by atoms with E-state index in [1.54, 1.807) is 25.3 Å². The smallest absolute Gasteiger partial charge is 0.363 e. The summed E-state index contributed by atoms with van der Waals surface area (Å²) in [6.07, 6.45) is 0.421. The molecule has 0 unspecified atom stereocenters. The lowest BCUT2D eigenvalue weighted by molar-refractivity contribution is -0.123. The van der Waals surface area contributed by atoms with Crippen LogP contribution in [0.25, 0.3) is 5.69 Å². The Morgan fingerprint density at radius 3 is 2.55 bits per heavy atom. The van der Waals surface area contributed by atoms with Gasteiger partial charge in [-0.25, -0.2) is 13.9 Å². The zero-order valence-electron chi connectivity index (χ0n) is 16.2. The normalized spacial score (nSPS) is 11.6. The number of amides is 1. The van der Waals surface area contributed by atoms with E-state index in [0.29, 0.717) is 5.56 Å². The lowest BCUT2D eigenvalue weighted by atomic mass is 10.2. The van der Waals surface area contributed by atoms with E-state index >= 15 is 0 Å². The van der Waals surface area contributed by atoms with Gasteiger partial charge in [-0.3, -0.25) is 4.79 Å². The molecule has 0 spiro atoms. The summed E-state index contributed by atoms with van der Waals surface area (Å²) in [5, 5.41) is 6.72. The van der Waals surface area contributed by atoms with E-state index < -0.39 is 23.8 Å². The fourth-order valence-corrected chi connectivity index (χ4v) is 2.55. The Balaban J connectivity index is 1.71. The molecule has 0 radical (unpaired) electrons. The summed E-state index contributed by atoms with van der Waals surface area (Å²) in [5.74, 6) is -1.63. The summed E-state index contributed by atoms with van der Waals surface area (Å²) in [6, 6.07) is 13.5. The van der Waals surface area contributed by atoms with Crippen LogP contribution in [-0.2, 0) is 9.53 Å². The molecule has 29 heavy (non-hydrogen) atoms. The molecule has 1 aromatic heterocycles. The highest BCUT2D eigenvalue weighted by molar-refractivity contribution is 5.97. The van der Waals surface area contributed by atoms with E-state index in [2.05, 4.69) is 10.4 Å². The van der Waals surface area contributed by atoms with Crippen molar-refractivity contribution in [2.75, 3.05) is 12.4 Å². The lowest BCUT2D eigenvalue weighted by Crippen LogP contribution is -2.30. The molecule has 3 aromatic rings. The standard InChI is InChI=1S/C21H20FN3O4/c1-13-9-10-15(11-17(13)22)23-20(26)14(2)29-21(27)19-18(28-3)12-25(24-19)16-7-5-4-6-8-16/h4-12,14H,1-3H3,(H,23,26)/t14-/m0/s1. The van der Waals surface area contributed by atoms with Crippen LogP contribution in [0.15, 0.2) is 54.7 Å². The molecule has 0 bridgehead atoms. The molecule has 0 aliphatic carbocycles. The second-order valence-corrected chi connectivity index (χ2v) is 6.33. The van der Waals surface area contributed by atoms with E-state index in [9.17, 15) is 14.0 Å². The number of nitrogens with zero attached hydrogens (tertiary/aromatic N) is 2. The van der Waals surface area contributed by atoms with Crippen molar-refractivity contribution in [3.8, 4) is 11.4 Å². The number of anilines is 1. The molecule has 1 heterocycles. The van der Waals surface area contributed by atoms with Crippen LogP contribution in [0, 0.1) is 12.7 Å². The molecule has 1 atom stereocenters. The van der Waals surface area contributed by atoms with Crippen LogP contribution in [0.5, 0.6) is 5.75 Å². The first kappa shape index (κ1) is 20.1. The van der Waals surface area contributed by atoms with Gasteiger partial charge in [0, 0.05) is 5.69 Å². The molecule has 3 rings (SSSR count). The fourth-order valence-electron chi connectivity index (χ4n) is 2.55. The van der Waals surface area contributed by atoms with Crippen molar-refractivity contribution >= 4 is 17.6 Å². The molecule has 150 valence electrons. The first-order valence-corrected chi connectivity index (χ1v) is 8.86. The number of benzene rings is 2. The molecule has 0 aliphatic heterocycles. The summed E-state index contributed by atoms with van der Waals surface area (Å²) >= 11 is 0. The number of ether oxygens (including phenoxy) is 2. The van der Waals surface area contributed by atoms with Crippen molar-refractivity contribution in [3.05, 3.63) is 71.8 Å². The summed E-state index contributed by atoms with van der Waals surface area (Å²) in [6.45, 7) is 3.03. The van der Waals surface area contributed by atoms with Gasteiger partial charge in [-0.05, 0) is 43.7 Å². The number of esters is 1. The molecule has 2 aromatic carbocycles. The van der Waals surface area contributed by atoms with Crippen LogP contribution in [0.3, 0.4) is 0 Å². The van der Waals surface area contributed by atoms with Crippen molar-refractivity contribution in [1.29, 1.82) is 0 Å². The van der Waals surface area contributed by atoms with Gasteiger partial charge >= 0.3 is 5.97 Å². The van der Waals surface area contributed by atoms with Gasteiger partial charge in [-0.15, -0.1) is 0 Å². The van der Waals surface area contributed by atoms with Gasteiger partial charge in [0.15, 0.2) is 11.9 Å². The van der Waals surface area contributed by atoms with Gasteiger partial charge in [0.1, 0.15) is 5.82 Å². The van der Waals surface area contributed by atoms with Crippen LogP contribution < -0.4 is 10.1 Å².